The second-order valence-corrected chi connectivity index (χ2v) is 6.55. The van der Waals surface area contributed by atoms with Gasteiger partial charge >= 0.3 is 5.97 Å². The van der Waals surface area contributed by atoms with E-state index in [1.807, 2.05) is 0 Å². The topological polar surface area (TPSA) is 128 Å². The van der Waals surface area contributed by atoms with Gasteiger partial charge in [0.15, 0.2) is 6.61 Å². The third-order valence-electron chi connectivity index (χ3n) is 4.12. The Labute approximate surface area is 176 Å². The van der Waals surface area contributed by atoms with Crippen molar-refractivity contribution < 1.29 is 32.7 Å². The highest BCUT2D eigenvalue weighted by Crippen LogP contribution is 2.06. The quantitative estimate of drug-likeness (QED) is 0.485. The molecule has 0 heterocycles. The van der Waals surface area contributed by atoms with Crippen molar-refractivity contribution in [2.75, 3.05) is 6.61 Å². The van der Waals surface area contributed by atoms with Gasteiger partial charge in [0.25, 0.3) is 11.8 Å². The Morgan fingerprint density at radius 2 is 1.52 bits per heavy atom. The number of carbonyl (C=O) groups excluding carboxylic acids is 4. The van der Waals surface area contributed by atoms with E-state index in [-0.39, 0.29) is 24.9 Å². The first-order valence-corrected chi connectivity index (χ1v) is 9.27. The number of rotatable bonds is 10. The van der Waals surface area contributed by atoms with Crippen LogP contribution in [0.2, 0.25) is 0 Å². The lowest BCUT2D eigenvalue weighted by atomic mass is 10.1. The van der Waals surface area contributed by atoms with Crippen LogP contribution in [0, 0.1) is 11.6 Å². The minimum absolute atomic E-state index is 0.0929. The van der Waals surface area contributed by atoms with Crippen molar-refractivity contribution in [3.05, 3.63) is 71.3 Å². The standard InChI is InChI=1S/C21H21F2N3O5/c22-15-5-1-13(2-6-15)11-25-19(28)12-31-21(30)17(9-10-18(24)27)26-20(29)14-3-7-16(23)8-4-14/h1-8,17H,9-12H2,(H2,24,27)(H,25,28)(H,26,29)/t17-/m0/s1. The fourth-order valence-electron chi connectivity index (χ4n) is 2.47. The highest BCUT2D eigenvalue weighted by molar-refractivity contribution is 5.97. The summed E-state index contributed by atoms with van der Waals surface area (Å²) < 4.78 is 30.8. The number of halogens is 2. The van der Waals surface area contributed by atoms with Crippen LogP contribution in [-0.4, -0.2) is 36.3 Å². The maximum Gasteiger partial charge on any atom is 0.329 e. The maximum atomic E-state index is 13.0. The van der Waals surface area contributed by atoms with E-state index in [4.69, 9.17) is 10.5 Å². The molecule has 0 unspecified atom stereocenters. The molecular formula is C21H21F2N3O5. The van der Waals surface area contributed by atoms with Crippen LogP contribution in [0.1, 0.15) is 28.8 Å². The first kappa shape index (κ1) is 23.5. The van der Waals surface area contributed by atoms with E-state index in [1.165, 1.54) is 36.4 Å². The third-order valence-corrected chi connectivity index (χ3v) is 4.12. The zero-order valence-corrected chi connectivity index (χ0v) is 16.4. The van der Waals surface area contributed by atoms with Crippen LogP contribution in [-0.2, 0) is 25.7 Å². The highest BCUT2D eigenvalue weighted by atomic mass is 19.1. The lowest BCUT2D eigenvalue weighted by Crippen LogP contribution is -2.43. The molecule has 0 aliphatic carbocycles. The third kappa shape index (κ3) is 8.21. The van der Waals surface area contributed by atoms with Gasteiger partial charge in [-0.2, -0.15) is 0 Å². The molecule has 0 radical (unpaired) electrons. The number of amides is 3. The minimum atomic E-state index is -1.24. The van der Waals surface area contributed by atoms with E-state index in [2.05, 4.69) is 10.6 Å². The molecule has 2 aromatic rings. The lowest BCUT2D eigenvalue weighted by molar-refractivity contribution is -0.150. The van der Waals surface area contributed by atoms with Crippen molar-refractivity contribution in [3.8, 4) is 0 Å². The average molecular weight is 433 g/mol. The summed E-state index contributed by atoms with van der Waals surface area (Å²) in [6.07, 6.45) is -0.349. The minimum Gasteiger partial charge on any atom is -0.454 e. The number of hydrogen-bond acceptors (Lipinski definition) is 5. The fraction of sp³-hybridized carbons (Fsp3) is 0.238. The summed E-state index contributed by atoms with van der Waals surface area (Å²) in [7, 11) is 0. The molecule has 3 amide bonds. The van der Waals surface area contributed by atoms with Crippen LogP contribution in [0.5, 0.6) is 0 Å². The zero-order valence-electron chi connectivity index (χ0n) is 16.4. The first-order valence-electron chi connectivity index (χ1n) is 9.27. The van der Waals surface area contributed by atoms with Gasteiger partial charge in [-0.25, -0.2) is 13.6 Å². The van der Waals surface area contributed by atoms with Crippen molar-refractivity contribution >= 4 is 23.7 Å². The Morgan fingerprint density at radius 3 is 2.10 bits per heavy atom. The van der Waals surface area contributed by atoms with Crippen LogP contribution >= 0.6 is 0 Å². The summed E-state index contributed by atoms with van der Waals surface area (Å²) in [5.41, 5.74) is 5.83. The molecule has 0 aliphatic rings. The van der Waals surface area contributed by atoms with Gasteiger partial charge in [-0.1, -0.05) is 12.1 Å². The number of benzene rings is 2. The number of nitrogens with one attached hydrogen (secondary N) is 2. The Balaban J connectivity index is 1.89. The summed E-state index contributed by atoms with van der Waals surface area (Å²) in [6.45, 7) is -0.525. The smallest absolute Gasteiger partial charge is 0.329 e. The van der Waals surface area contributed by atoms with Gasteiger partial charge in [-0.05, 0) is 48.4 Å². The molecule has 31 heavy (non-hydrogen) atoms. The number of hydrogen-bond donors (Lipinski definition) is 3. The van der Waals surface area contributed by atoms with Gasteiger partial charge in [-0.15, -0.1) is 0 Å². The molecule has 10 heteroatoms. The molecule has 1 atom stereocenters. The zero-order chi connectivity index (χ0) is 22.8. The van der Waals surface area contributed by atoms with E-state index in [9.17, 15) is 28.0 Å². The maximum absolute atomic E-state index is 13.0. The molecule has 0 spiro atoms. The molecule has 0 saturated carbocycles. The molecule has 0 aromatic heterocycles. The number of carbonyl (C=O) groups is 4. The van der Waals surface area contributed by atoms with E-state index in [0.29, 0.717) is 5.56 Å². The van der Waals surface area contributed by atoms with Crippen LogP contribution in [0.15, 0.2) is 48.5 Å². The van der Waals surface area contributed by atoms with Crippen molar-refractivity contribution in [2.24, 2.45) is 5.73 Å². The number of nitrogens with two attached hydrogens (primary N) is 1. The molecule has 0 bridgehead atoms. The monoisotopic (exact) mass is 433 g/mol. The molecule has 0 aliphatic heterocycles. The van der Waals surface area contributed by atoms with Crippen LogP contribution in [0.25, 0.3) is 0 Å². The molecule has 164 valence electrons. The second kappa shape index (κ2) is 11.4. The highest BCUT2D eigenvalue weighted by Gasteiger charge is 2.24. The molecular weight excluding hydrogens is 412 g/mol. The number of esters is 1. The van der Waals surface area contributed by atoms with E-state index in [1.54, 1.807) is 0 Å². The van der Waals surface area contributed by atoms with Gasteiger partial charge in [0.2, 0.25) is 5.91 Å². The Kier molecular flexibility index (Phi) is 8.62. The molecule has 2 aromatic carbocycles. The van der Waals surface area contributed by atoms with Crippen molar-refractivity contribution in [1.82, 2.24) is 10.6 Å². The molecule has 0 fully saturated rings. The lowest BCUT2D eigenvalue weighted by Gasteiger charge is -2.17. The molecule has 2 rings (SSSR count). The molecule has 0 saturated heterocycles. The van der Waals surface area contributed by atoms with Crippen LogP contribution in [0.3, 0.4) is 0 Å². The largest absolute Gasteiger partial charge is 0.454 e. The Morgan fingerprint density at radius 1 is 0.935 bits per heavy atom. The van der Waals surface area contributed by atoms with Gasteiger partial charge in [0.05, 0.1) is 0 Å². The first-order chi connectivity index (χ1) is 14.7. The number of primary amides is 1. The van der Waals surface area contributed by atoms with Gasteiger partial charge in [0, 0.05) is 18.5 Å². The molecule has 8 nitrogen and oxygen atoms in total. The Hall–Kier alpha value is -3.82. The van der Waals surface area contributed by atoms with E-state index in [0.717, 1.165) is 12.1 Å². The van der Waals surface area contributed by atoms with Gasteiger partial charge < -0.3 is 21.1 Å². The summed E-state index contributed by atoms with van der Waals surface area (Å²) in [5, 5.41) is 4.88. The predicted octanol–water partition coefficient (Wildman–Crippen LogP) is 1.19. The summed E-state index contributed by atoms with van der Waals surface area (Å²) >= 11 is 0. The SMILES string of the molecule is NC(=O)CC[C@H](NC(=O)c1ccc(F)cc1)C(=O)OCC(=O)NCc1ccc(F)cc1. The van der Waals surface area contributed by atoms with Crippen molar-refractivity contribution in [1.29, 1.82) is 0 Å². The predicted molar refractivity (Wildman–Crippen MR) is 105 cm³/mol. The average Bonchev–Trinajstić information content (AvgIpc) is 2.74. The number of ether oxygens (including phenoxy) is 1. The van der Waals surface area contributed by atoms with Crippen LogP contribution in [0.4, 0.5) is 8.78 Å². The summed E-state index contributed by atoms with van der Waals surface area (Å²) in [6, 6.07) is 8.85. The van der Waals surface area contributed by atoms with E-state index >= 15 is 0 Å². The summed E-state index contributed by atoms with van der Waals surface area (Å²) in [5.74, 6) is -3.87. The Bertz CT molecular complexity index is 933. The normalized spacial score (nSPS) is 11.3. The van der Waals surface area contributed by atoms with Crippen LogP contribution < -0.4 is 16.4 Å². The second-order valence-electron chi connectivity index (χ2n) is 6.55. The van der Waals surface area contributed by atoms with Crippen molar-refractivity contribution in [3.63, 3.8) is 0 Å². The molecule has 4 N–H and O–H groups in total. The fourth-order valence-corrected chi connectivity index (χ4v) is 2.47. The summed E-state index contributed by atoms with van der Waals surface area (Å²) in [4.78, 5) is 47.5. The van der Waals surface area contributed by atoms with Crippen molar-refractivity contribution in [2.45, 2.75) is 25.4 Å². The van der Waals surface area contributed by atoms with Gasteiger partial charge in [0.1, 0.15) is 17.7 Å². The van der Waals surface area contributed by atoms with Gasteiger partial charge in [-0.3, -0.25) is 14.4 Å². The van der Waals surface area contributed by atoms with E-state index < -0.39 is 48.0 Å².